The fraction of sp³-hybridized carbons (Fsp3) is 0.500. The van der Waals surface area contributed by atoms with Crippen LogP contribution in [0.4, 0.5) is 5.69 Å². The first-order chi connectivity index (χ1) is 6.15. The SMILES string of the molecule is CO[C@@H](C)c1cc(N(C)C)ccn1. The van der Waals surface area contributed by atoms with Crippen LogP contribution in [0.1, 0.15) is 18.7 Å². The first-order valence-corrected chi connectivity index (χ1v) is 4.31. The fourth-order valence-electron chi connectivity index (χ4n) is 1.06. The molecule has 0 amide bonds. The van der Waals surface area contributed by atoms with Crippen LogP contribution in [-0.2, 0) is 4.74 Å². The molecular formula is C10H16N2O. The Kier molecular flexibility index (Phi) is 3.25. The number of methoxy groups -OCH3 is 1. The van der Waals surface area contributed by atoms with Crippen molar-refractivity contribution < 1.29 is 4.74 Å². The average molecular weight is 180 g/mol. The van der Waals surface area contributed by atoms with Gasteiger partial charge < -0.3 is 9.64 Å². The highest BCUT2D eigenvalue weighted by Crippen LogP contribution is 2.18. The van der Waals surface area contributed by atoms with Crippen molar-refractivity contribution in [1.29, 1.82) is 0 Å². The average Bonchev–Trinajstić information content (AvgIpc) is 2.17. The van der Waals surface area contributed by atoms with Crippen molar-refractivity contribution in [3.05, 3.63) is 24.0 Å². The lowest BCUT2D eigenvalue weighted by Crippen LogP contribution is -2.10. The zero-order chi connectivity index (χ0) is 9.84. The van der Waals surface area contributed by atoms with Crippen molar-refractivity contribution in [3.63, 3.8) is 0 Å². The van der Waals surface area contributed by atoms with Crippen LogP contribution in [0.3, 0.4) is 0 Å². The second-order valence-corrected chi connectivity index (χ2v) is 3.21. The van der Waals surface area contributed by atoms with E-state index in [-0.39, 0.29) is 6.10 Å². The highest BCUT2D eigenvalue weighted by atomic mass is 16.5. The maximum Gasteiger partial charge on any atom is 0.0963 e. The summed E-state index contributed by atoms with van der Waals surface area (Å²) in [5.41, 5.74) is 2.11. The van der Waals surface area contributed by atoms with E-state index in [9.17, 15) is 0 Å². The Labute approximate surface area is 79.3 Å². The van der Waals surface area contributed by atoms with Gasteiger partial charge in [0.2, 0.25) is 0 Å². The van der Waals surface area contributed by atoms with E-state index in [1.54, 1.807) is 13.3 Å². The van der Waals surface area contributed by atoms with E-state index in [1.165, 1.54) is 0 Å². The van der Waals surface area contributed by atoms with Crippen molar-refractivity contribution in [1.82, 2.24) is 4.98 Å². The molecule has 1 rings (SSSR count). The third kappa shape index (κ3) is 2.42. The first-order valence-electron chi connectivity index (χ1n) is 4.31. The van der Waals surface area contributed by atoms with Crippen molar-refractivity contribution in [2.45, 2.75) is 13.0 Å². The number of pyridine rings is 1. The van der Waals surface area contributed by atoms with Gasteiger partial charge in [0, 0.05) is 33.1 Å². The third-order valence-electron chi connectivity index (χ3n) is 2.05. The maximum atomic E-state index is 5.19. The Morgan fingerprint density at radius 2 is 2.15 bits per heavy atom. The number of hydrogen-bond donors (Lipinski definition) is 0. The second-order valence-electron chi connectivity index (χ2n) is 3.21. The Morgan fingerprint density at radius 3 is 2.69 bits per heavy atom. The second kappa shape index (κ2) is 4.23. The van der Waals surface area contributed by atoms with E-state index in [1.807, 2.05) is 38.1 Å². The molecule has 1 atom stereocenters. The van der Waals surface area contributed by atoms with Gasteiger partial charge in [-0.2, -0.15) is 0 Å². The molecule has 1 heterocycles. The monoisotopic (exact) mass is 180 g/mol. The first kappa shape index (κ1) is 9.99. The van der Waals surface area contributed by atoms with Gasteiger partial charge in [-0.05, 0) is 19.1 Å². The van der Waals surface area contributed by atoms with Crippen molar-refractivity contribution in [2.24, 2.45) is 0 Å². The van der Waals surface area contributed by atoms with Crippen LogP contribution in [0, 0.1) is 0 Å². The van der Waals surface area contributed by atoms with Crippen LogP contribution in [0.25, 0.3) is 0 Å². The lowest BCUT2D eigenvalue weighted by molar-refractivity contribution is 0.116. The molecule has 0 spiro atoms. The molecule has 3 nitrogen and oxygen atoms in total. The molecule has 0 unspecified atom stereocenters. The summed E-state index contributed by atoms with van der Waals surface area (Å²) in [6.07, 6.45) is 1.86. The summed E-state index contributed by atoms with van der Waals surface area (Å²) >= 11 is 0. The van der Waals surface area contributed by atoms with Gasteiger partial charge in [-0.3, -0.25) is 4.98 Å². The van der Waals surface area contributed by atoms with Crippen LogP contribution in [-0.4, -0.2) is 26.2 Å². The molecule has 1 aromatic rings. The molecule has 0 saturated carbocycles. The van der Waals surface area contributed by atoms with Gasteiger partial charge in [0.1, 0.15) is 0 Å². The summed E-state index contributed by atoms with van der Waals surface area (Å²) in [7, 11) is 5.71. The van der Waals surface area contributed by atoms with E-state index >= 15 is 0 Å². The highest BCUT2D eigenvalue weighted by Gasteiger charge is 2.06. The Morgan fingerprint density at radius 1 is 1.46 bits per heavy atom. The normalized spacial score (nSPS) is 12.6. The largest absolute Gasteiger partial charge is 0.378 e. The Bertz CT molecular complexity index is 273. The highest BCUT2D eigenvalue weighted by molar-refractivity contribution is 5.45. The number of ether oxygens (including phenoxy) is 1. The molecule has 0 fully saturated rings. The van der Waals surface area contributed by atoms with Gasteiger partial charge in [-0.25, -0.2) is 0 Å². The van der Waals surface area contributed by atoms with Crippen molar-refractivity contribution in [3.8, 4) is 0 Å². The molecule has 13 heavy (non-hydrogen) atoms. The predicted molar refractivity (Wildman–Crippen MR) is 54.0 cm³/mol. The molecule has 0 aliphatic rings. The minimum absolute atomic E-state index is 0.0555. The van der Waals surface area contributed by atoms with Crippen LogP contribution < -0.4 is 4.90 Å². The van der Waals surface area contributed by atoms with Crippen LogP contribution >= 0.6 is 0 Å². The zero-order valence-electron chi connectivity index (χ0n) is 8.61. The number of rotatable bonds is 3. The van der Waals surface area contributed by atoms with E-state index in [0.717, 1.165) is 11.4 Å². The summed E-state index contributed by atoms with van der Waals surface area (Å²) in [5.74, 6) is 0. The topological polar surface area (TPSA) is 25.4 Å². The minimum Gasteiger partial charge on any atom is -0.378 e. The van der Waals surface area contributed by atoms with Crippen molar-refractivity contribution >= 4 is 5.69 Å². The number of aromatic nitrogens is 1. The van der Waals surface area contributed by atoms with Crippen molar-refractivity contribution in [2.75, 3.05) is 26.1 Å². The maximum absolute atomic E-state index is 5.19. The smallest absolute Gasteiger partial charge is 0.0963 e. The molecule has 0 N–H and O–H groups in total. The van der Waals surface area contributed by atoms with E-state index in [2.05, 4.69) is 4.98 Å². The molecule has 0 aliphatic carbocycles. The van der Waals surface area contributed by atoms with E-state index in [0.29, 0.717) is 0 Å². The van der Waals surface area contributed by atoms with Gasteiger partial charge >= 0.3 is 0 Å². The molecule has 72 valence electrons. The quantitative estimate of drug-likeness (QED) is 0.710. The van der Waals surface area contributed by atoms with Gasteiger partial charge in [0.25, 0.3) is 0 Å². The summed E-state index contributed by atoms with van der Waals surface area (Å²) in [6, 6.07) is 4.01. The van der Waals surface area contributed by atoms with Gasteiger partial charge in [-0.15, -0.1) is 0 Å². The minimum atomic E-state index is 0.0555. The van der Waals surface area contributed by atoms with E-state index in [4.69, 9.17) is 4.74 Å². The summed E-state index contributed by atoms with van der Waals surface area (Å²) in [4.78, 5) is 6.29. The number of anilines is 1. The molecule has 0 bridgehead atoms. The van der Waals surface area contributed by atoms with Gasteiger partial charge in [0.15, 0.2) is 0 Å². The Hall–Kier alpha value is -1.09. The lowest BCUT2D eigenvalue weighted by Gasteiger charge is -2.15. The summed E-state index contributed by atoms with van der Waals surface area (Å²) < 4.78 is 5.19. The van der Waals surface area contributed by atoms with Gasteiger partial charge in [0.05, 0.1) is 11.8 Å². The molecule has 0 aliphatic heterocycles. The predicted octanol–water partition coefficient (Wildman–Crippen LogP) is 1.85. The summed E-state index contributed by atoms with van der Waals surface area (Å²) in [6.45, 7) is 1.99. The molecule has 3 heteroatoms. The van der Waals surface area contributed by atoms with Gasteiger partial charge in [-0.1, -0.05) is 0 Å². The molecule has 1 aromatic heterocycles. The zero-order valence-corrected chi connectivity index (χ0v) is 8.61. The lowest BCUT2D eigenvalue weighted by atomic mass is 10.2. The van der Waals surface area contributed by atoms with E-state index < -0.39 is 0 Å². The van der Waals surface area contributed by atoms with Crippen LogP contribution in [0.5, 0.6) is 0 Å². The Balaban J connectivity index is 2.91. The summed E-state index contributed by atoms with van der Waals surface area (Å²) in [5, 5.41) is 0. The molecule has 0 aromatic carbocycles. The molecule has 0 radical (unpaired) electrons. The molecule has 0 saturated heterocycles. The standard InChI is InChI=1S/C10H16N2O/c1-8(13-4)10-7-9(12(2)3)5-6-11-10/h5-8H,1-4H3/t8-/m0/s1. The van der Waals surface area contributed by atoms with Crippen LogP contribution in [0.15, 0.2) is 18.3 Å². The number of nitrogens with zero attached hydrogens (tertiary/aromatic N) is 2. The number of hydrogen-bond acceptors (Lipinski definition) is 3. The van der Waals surface area contributed by atoms with Crippen LogP contribution in [0.2, 0.25) is 0 Å². The fourth-order valence-corrected chi connectivity index (χ4v) is 1.06. The third-order valence-corrected chi connectivity index (χ3v) is 2.05. The molecular weight excluding hydrogens is 164 g/mol.